The van der Waals surface area contributed by atoms with E-state index >= 15 is 0 Å². The van der Waals surface area contributed by atoms with Crippen molar-refractivity contribution < 1.29 is 4.55 Å². The number of nitrogens with one attached hydrogen (secondary N) is 1. The Morgan fingerprint density at radius 1 is 1.29 bits per heavy atom. The number of rotatable bonds is 3. The van der Waals surface area contributed by atoms with Crippen LogP contribution >= 0.6 is 22.4 Å². The molecule has 8 heteroatoms. The maximum Gasteiger partial charge on any atom is 0.142 e. The zero-order valence-electron chi connectivity index (χ0n) is 16.1. The Kier molecular flexibility index (Phi) is 7.76. The smallest absolute Gasteiger partial charge is 0.142 e. The normalized spacial score (nSPS) is 12.2. The number of nitriles is 1. The van der Waals surface area contributed by atoms with Crippen molar-refractivity contribution in [3.8, 4) is 6.07 Å². The molecule has 28 heavy (non-hydrogen) atoms. The number of hydrogen-bond donors (Lipinski definition) is 2. The Bertz CT molecular complexity index is 1050. The molecule has 6 nitrogen and oxygen atoms in total. The topological polar surface area (TPSA) is 88.3 Å². The number of hydrazone groups is 1. The first-order valence-electron chi connectivity index (χ1n) is 8.65. The molecule has 1 aromatic heterocycles. The highest BCUT2D eigenvalue weighted by molar-refractivity contribution is 8.24. The molecule has 3 aromatic rings. The molecule has 0 spiro atoms. The highest BCUT2D eigenvalue weighted by Gasteiger charge is 2.11. The average Bonchev–Trinajstić information content (AvgIpc) is 3.08. The van der Waals surface area contributed by atoms with E-state index in [-0.39, 0.29) is 0 Å². The number of benzene rings is 2. The van der Waals surface area contributed by atoms with Crippen molar-refractivity contribution in [3.05, 3.63) is 64.4 Å². The maximum atomic E-state index is 10.7. The highest BCUT2D eigenvalue weighted by atomic mass is 35.5. The van der Waals surface area contributed by atoms with Gasteiger partial charge in [-0.05, 0) is 22.9 Å². The summed E-state index contributed by atoms with van der Waals surface area (Å²) >= 11 is 6.05. The third-order valence-electron chi connectivity index (χ3n) is 3.44. The van der Waals surface area contributed by atoms with Crippen LogP contribution in [-0.4, -0.2) is 44.0 Å². The predicted molar refractivity (Wildman–Crippen MR) is 119 cm³/mol. The number of fused-ring (bicyclic) bond motifs is 1. The first-order chi connectivity index (χ1) is 13.5. The molecule has 0 radical (unpaired) electrons. The van der Waals surface area contributed by atoms with E-state index in [0.717, 1.165) is 5.56 Å². The fraction of sp³-hybridized carbons (Fsp3) is 0.200. The average molecular weight is 416 g/mol. The monoisotopic (exact) mass is 415 g/mol. The molecule has 0 bridgehead atoms. The van der Waals surface area contributed by atoms with Crippen molar-refractivity contribution >= 4 is 43.8 Å². The van der Waals surface area contributed by atoms with Gasteiger partial charge in [0.2, 0.25) is 0 Å². The van der Waals surface area contributed by atoms with Gasteiger partial charge in [0.1, 0.15) is 16.9 Å². The molecule has 1 atom stereocenters. The van der Waals surface area contributed by atoms with Crippen molar-refractivity contribution in [1.82, 2.24) is 15.0 Å². The molecular formula is C20H22ClN5OS. The van der Waals surface area contributed by atoms with E-state index in [1.54, 1.807) is 36.6 Å². The molecule has 0 saturated heterocycles. The van der Waals surface area contributed by atoms with Crippen LogP contribution in [0.25, 0.3) is 11.0 Å². The van der Waals surface area contributed by atoms with Crippen LogP contribution in [0.15, 0.2) is 47.6 Å². The van der Waals surface area contributed by atoms with Crippen LogP contribution in [0.2, 0.25) is 5.02 Å². The lowest BCUT2D eigenvalue weighted by molar-refractivity contribution is 0.439. The number of H-pyrrole nitrogens is 1. The van der Waals surface area contributed by atoms with Crippen LogP contribution in [0, 0.1) is 11.3 Å². The molecule has 1 unspecified atom stereocenters. The van der Waals surface area contributed by atoms with Gasteiger partial charge in [0, 0.05) is 25.0 Å². The third kappa shape index (κ3) is 5.20. The first kappa shape index (κ1) is 21.6. The van der Waals surface area contributed by atoms with Gasteiger partial charge in [-0.3, -0.25) is 0 Å². The minimum atomic E-state index is -1.28. The Hall–Kier alpha value is -2.66. The summed E-state index contributed by atoms with van der Waals surface area (Å²) in [6, 6.07) is 14.8. The molecule has 0 aliphatic heterocycles. The fourth-order valence-corrected chi connectivity index (χ4v) is 3.60. The Balaban J connectivity index is 0.00000136. The number of aromatic amines is 1. The molecule has 1 heterocycles. The van der Waals surface area contributed by atoms with Crippen molar-refractivity contribution in [3.63, 3.8) is 0 Å². The van der Waals surface area contributed by atoms with Crippen molar-refractivity contribution in [2.75, 3.05) is 14.1 Å². The van der Waals surface area contributed by atoms with Gasteiger partial charge in [0.15, 0.2) is 0 Å². The number of nitrogens with zero attached hydrogens (tertiary/aromatic N) is 4. The molecule has 0 fully saturated rings. The quantitative estimate of drug-likeness (QED) is 0.275. The van der Waals surface area contributed by atoms with Gasteiger partial charge in [-0.25, -0.2) is 4.98 Å². The molecule has 0 amide bonds. The van der Waals surface area contributed by atoms with Crippen molar-refractivity contribution in [2.24, 2.45) is 5.10 Å². The van der Waals surface area contributed by atoms with E-state index in [4.69, 9.17) is 16.9 Å². The highest BCUT2D eigenvalue weighted by Crippen LogP contribution is 2.23. The van der Waals surface area contributed by atoms with Gasteiger partial charge in [-0.2, -0.15) is 10.4 Å². The van der Waals surface area contributed by atoms with Crippen LogP contribution in [0.5, 0.6) is 0 Å². The minimum Gasteiger partial charge on any atom is -0.338 e. The van der Waals surface area contributed by atoms with E-state index in [1.807, 2.05) is 50.2 Å². The van der Waals surface area contributed by atoms with Crippen molar-refractivity contribution in [1.29, 1.82) is 5.26 Å². The largest absolute Gasteiger partial charge is 0.338 e. The summed E-state index contributed by atoms with van der Waals surface area (Å²) in [6.45, 7) is 4.00. The summed E-state index contributed by atoms with van der Waals surface area (Å²) in [7, 11) is 2.32. The van der Waals surface area contributed by atoms with E-state index in [2.05, 4.69) is 15.1 Å². The number of imidazole rings is 1. The Labute approximate surface area is 172 Å². The molecule has 0 aliphatic rings. The van der Waals surface area contributed by atoms with Gasteiger partial charge in [-0.15, -0.1) is 0 Å². The summed E-state index contributed by atoms with van der Waals surface area (Å²) in [5.41, 5.74) is 2.50. The zero-order chi connectivity index (χ0) is 20.7. The molecule has 146 valence electrons. The third-order valence-corrected chi connectivity index (χ3v) is 4.92. The minimum absolute atomic E-state index is 0.359. The number of aromatic nitrogens is 2. The fourth-order valence-electron chi connectivity index (χ4n) is 2.34. The summed E-state index contributed by atoms with van der Waals surface area (Å²) < 4.78 is 10.7. The van der Waals surface area contributed by atoms with Crippen molar-refractivity contribution in [2.45, 2.75) is 13.8 Å². The molecule has 0 saturated carbocycles. The van der Waals surface area contributed by atoms with E-state index in [1.165, 1.54) is 0 Å². The lowest BCUT2D eigenvalue weighted by atomic mass is 10.2. The molecule has 3 rings (SSSR count). The van der Waals surface area contributed by atoms with Crippen LogP contribution in [0.1, 0.15) is 30.8 Å². The predicted octanol–water partition coefficient (Wildman–Crippen LogP) is 4.93. The van der Waals surface area contributed by atoms with Gasteiger partial charge in [-0.1, -0.05) is 55.8 Å². The summed E-state index contributed by atoms with van der Waals surface area (Å²) in [4.78, 5) is 7.51. The van der Waals surface area contributed by atoms with E-state index in [9.17, 15) is 4.55 Å². The summed E-state index contributed by atoms with van der Waals surface area (Å²) in [6.07, 6.45) is 0. The standard InChI is InChI=1S/C18H16ClN5OS.C2H6/c1-24(2)23-18(12-6-4-3-5-7-12)26(25)11-17-21-15-8-13(10-20)14(19)9-16(15)22-17;1-2/h3-9,11,25H,1-2H3,(H,21,22);1-2H3/b23-18-;. The Morgan fingerprint density at radius 2 is 1.96 bits per heavy atom. The number of halogens is 1. The van der Waals surface area contributed by atoms with E-state index in [0.29, 0.717) is 32.5 Å². The van der Waals surface area contributed by atoms with Gasteiger partial charge >= 0.3 is 0 Å². The molecule has 2 aromatic carbocycles. The van der Waals surface area contributed by atoms with Gasteiger partial charge in [0.25, 0.3) is 0 Å². The van der Waals surface area contributed by atoms with Crippen LogP contribution in [0.4, 0.5) is 0 Å². The number of hydrogen-bond acceptors (Lipinski definition) is 5. The van der Waals surface area contributed by atoms with Gasteiger partial charge in [0.05, 0.1) is 21.6 Å². The first-order valence-corrected chi connectivity index (χ1v) is 10.3. The summed E-state index contributed by atoms with van der Waals surface area (Å²) in [5.74, 6) is 0.486. The Morgan fingerprint density at radius 3 is 2.57 bits per heavy atom. The molecular weight excluding hydrogens is 394 g/mol. The second kappa shape index (κ2) is 10.0. The van der Waals surface area contributed by atoms with Crippen LogP contribution < -0.4 is 0 Å². The van der Waals surface area contributed by atoms with Gasteiger partial charge < -0.3 is 14.5 Å². The summed E-state index contributed by atoms with van der Waals surface area (Å²) in [5, 5.41) is 17.6. The lowest BCUT2D eigenvalue weighted by Crippen LogP contribution is -2.09. The maximum absolute atomic E-state index is 10.7. The van der Waals surface area contributed by atoms with Crippen LogP contribution in [-0.2, 0) is 0 Å². The molecule has 2 N–H and O–H groups in total. The van der Waals surface area contributed by atoms with Crippen LogP contribution in [0.3, 0.4) is 0 Å². The zero-order valence-corrected chi connectivity index (χ0v) is 17.7. The molecule has 0 aliphatic carbocycles. The lowest BCUT2D eigenvalue weighted by Gasteiger charge is -2.11. The second-order valence-corrected chi connectivity index (χ2v) is 7.29. The second-order valence-electron chi connectivity index (χ2n) is 5.63. The van der Waals surface area contributed by atoms with E-state index < -0.39 is 10.8 Å². The SMILES string of the molecule is CC.CN(C)/N=C(c1ccccc1)\S(O)=C\c1nc2cc(C#N)c(Cl)cc2[nH]1.